The molecule has 2 heterocycles. The van der Waals surface area contributed by atoms with Gasteiger partial charge in [0.25, 0.3) is 5.91 Å². The molecule has 0 unspecified atom stereocenters. The van der Waals surface area contributed by atoms with Crippen LogP contribution in [0.1, 0.15) is 42.9 Å². The van der Waals surface area contributed by atoms with E-state index in [1.165, 1.54) is 18.2 Å². The molecule has 1 amide bonds. The van der Waals surface area contributed by atoms with Gasteiger partial charge in [-0.1, -0.05) is 13.8 Å². The maximum Gasteiger partial charge on any atom is 0.289 e. The Kier molecular flexibility index (Phi) is 7.11. The highest BCUT2D eigenvalue weighted by atomic mass is 19.1. The molecule has 0 bridgehead atoms. The number of phenols is 2. The van der Waals surface area contributed by atoms with Crippen LogP contribution in [0.25, 0.3) is 17.1 Å². The summed E-state index contributed by atoms with van der Waals surface area (Å²) in [5.41, 5.74) is 0.420. The molecule has 0 radical (unpaired) electrons. The number of benzene rings is 2. The van der Waals surface area contributed by atoms with E-state index >= 15 is 8.78 Å². The van der Waals surface area contributed by atoms with Crippen molar-refractivity contribution in [3.63, 3.8) is 0 Å². The Morgan fingerprint density at radius 3 is 2.25 bits per heavy atom. The highest BCUT2D eigenvalue weighted by molar-refractivity contribution is 5.92. The molecule has 0 aliphatic carbocycles. The van der Waals surface area contributed by atoms with Gasteiger partial charge >= 0.3 is 0 Å². The van der Waals surface area contributed by atoms with Crippen LogP contribution in [0.3, 0.4) is 0 Å². The monoisotopic (exact) mass is 500 g/mol. The van der Waals surface area contributed by atoms with Crippen LogP contribution in [-0.2, 0) is 0 Å². The highest BCUT2D eigenvalue weighted by Crippen LogP contribution is 2.39. The average Bonchev–Trinajstić information content (AvgIpc) is 3.23. The molecule has 1 aromatic heterocycles. The number of hydrogen-bond acceptors (Lipinski definition) is 7. The van der Waals surface area contributed by atoms with Crippen molar-refractivity contribution in [2.24, 2.45) is 0 Å². The second-order valence-corrected chi connectivity index (χ2v) is 9.17. The number of rotatable bonds is 6. The molecule has 3 aromatic rings. The summed E-state index contributed by atoms with van der Waals surface area (Å²) in [6, 6.07) is 5.07. The quantitative estimate of drug-likeness (QED) is 0.477. The number of halogens is 2. The first kappa shape index (κ1) is 25.4. The molecule has 36 heavy (non-hydrogen) atoms. The number of likely N-dealkylation sites (N-methyl/N-ethyl adjacent to an activating group) is 1. The number of carbonyl (C=O) groups is 1. The van der Waals surface area contributed by atoms with Crippen molar-refractivity contribution >= 4 is 11.6 Å². The molecule has 0 saturated carbocycles. The van der Waals surface area contributed by atoms with Gasteiger partial charge in [-0.15, -0.1) is 10.2 Å². The molecular formula is C25H30F2N6O3. The number of amides is 1. The van der Waals surface area contributed by atoms with Crippen molar-refractivity contribution in [1.82, 2.24) is 25.0 Å². The lowest BCUT2D eigenvalue weighted by molar-refractivity contribution is 0.0943. The molecule has 192 valence electrons. The van der Waals surface area contributed by atoms with Crippen LogP contribution in [0.4, 0.5) is 14.5 Å². The summed E-state index contributed by atoms with van der Waals surface area (Å²) in [6.45, 7) is 8.42. The average molecular weight is 501 g/mol. The van der Waals surface area contributed by atoms with Crippen molar-refractivity contribution in [2.75, 3.05) is 44.7 Å². The van der Waals surface area contributed by atoms with Gasteiger partial charge in [0.15, 0.2) is 17.5 Å². The predicted octanol–water partition coefficient (Wildman–Crippen LogP) is 3.25. The summed E-state index contributed by atoms with van der Waals surface area (Å²) in [7, 11) is 1.99. The van der Waals surface area contributed by atoms with Crippen molar-refractivity contribution in [3.8, 4) is 28.6 Å². The van der Waals surface area contributed by atoms with Crippen LogP contribution in [0.2, 0.25) is 0 Å². The van der Waals surface area contributed by atoms with E-state index in [0.717, 1.165) is 23.7 Å². The molecule has 1 fully saturated rings. The minimum Gasteiger partial charge on any atom is -0.508 e. The molecule has 9 nitrogen and oxygen atoms in total. The van der Waals surface area contributed by atoms with Gasteiger partial charge < -0.3 is 25.3 Å². The second kappa shape index (κ2) is 10.1. The number of aromatic nitrogens is 3. The standard InChI is InChI=1S/C25H30F2N6O3/c1-5-28-25(36)24-30-29-23(17-12-16(14(2)3)20(34)13-21(17)35)33(24)22-18(26)10-15(11-19(22)27)32-8-6-31(4)7-9-32/h10-14,34-35H,5-9H2,1-4H3,(H,28,36). The van der Waals surface area contributed by atoms with Gasteiger partial charge in [0.1, 0.15) is 17.2 Å². The summed E-state index contributed by atoms with van der Waals surface area (Å²) in [5, 5.41) is 31.4. The molecule has 1 aliphatic heterocycles. The molecule has 3 N–H and O–H groups in total. The number of hydrogen-bond donors (Lipinski definition) is 3. The third-order valence-electron chi connectivity index (χ3n) is 6.31. The first-order valence-electron chi connectivity index (χ1n) is 11.8. The maximum atomic E-state index is 15.6. The fraction of sp³-hybridized carbons (Fsp3) is 0.400. The first-order chi connectivity index (χ1) is 17.1. The normalized spacial score (nSPS) is 14.5. The smallest absolute Gasteiger partial charge is 0.289 e. The first-order valence-corrected chi connectivity index (χ1v) is 11.8. The second-order valence-electron chi connectivity index (χ2n) is 9.17. The molecule has 1 aliphatic rings. The Hall–Kier alpha value is -3.73. The van der Waals surface area contributed by atoms with E-state index in [9.17, 15) is 15.0 Å². The van der Waals surface area contributed by atoms with Gasteiger partial charge in [0, 0.05) is 44.5 Å². The summed E-state index contributed by atoms with van der Waals surface area (Å²) >= 11 is 0. The van der Waals surface area contributed by atoms with E-state index in [-0.39, 0.29) is 41.2 Å². The molecule has 1 saturated heterocycles. The van der Waals surface area contributed by atoms with E-state index < -0.39 is 23.2 Å². The summed E-state index contributed by atoms with van der Waals surface area (Å²) in [4.78, 5) is 16.8. The highest BCUT2D eigenvalue weighted by Gasteiger charge is 2.28. The largest absolute Gasteiger partial charge is 0.508 e. The number of nitrogens with zero attached hydrogens (tertiary/aromatic N) is 5. The zero-order chi connectivity index (χ0) is 26.1. The Labute approximate surface area is 208 Å². The van der Waals surface area contributed by atoms with Gasteiger partial charge in [-0.05, 0) is 43.7 Å². The van der Waals surface area contributed by atoms with E-state index in [2.05, 4.69) is 20.4 Å². The van der Waals surface area contributed by atoms with E-state index in [1.807, 2.05) is 25.8 Å². The van der Waals surface area contributed by atoms with Crippen LogP contribution < -0.4 is 10.2 Å². The Morgan fingerprint density at radius 2 is 1.67 bits per heavy atom. The third kappa shape index (κ3) is 4.70. The van der Waals surface area contributed by atoms with Gasteiger partial charge in [-0.2, -0.15) is 0 Å². The molecular weight excluding hydrogens is 470 g/mol. The summed E-state index contributed by atoms with van der Waals surface area (Å²) in [5.74, 6) is -3.59. The zero-order valence-corrected chi connectivity index (χ0v) is 20.7. The minimum atomic E-state index is -0.905. The lowest BCUT2D eigenvalue weighted by Gasteiger charge is -2.34. The lowest BCUT2D eigenvalue weighted by Crippen LogP contribution is -2.44. The number of phenolic OH excluding ortho intramolecular Hbond substituents is 2. The van der Waals surface area contributed by atoms with Crippen molar-refractivity contribution in [1.29, 1.82) is 0 Å². The number of piperazine rings is 1. The number of carbonyl (C=O) groups excluding carboxylic acids is 1. The van der Waals surface area contributed by atoms with Crippen molar-refractivity contribution < 1.29 is 23.8 Å². The van der Waals surface area contributed by atoms with Gasteiger partial charge in [-0.25, -0.2) is 8.78 Å². The van der Waals surface area contributed by atoms with Crippen LogP contribution in [0.5, 0.6) is 11.5 Å². The lowest BCUT2D eigenvalue weighted by atomic mass is 9.98. The molecule has 11 heteroatoms. The van der Waals surface area contributed by atoms with Crippen LogP contribution in [0, 0.1) is 11.6 Å². The molecule has 0 spiro atoms. The Bertz CT molecular complexity index is 1260. The Morgan fingerprint density at radius 1 is 1.03 bits per heavy atom. The zero-order valence-electron chi connectivity index (χ0n) is 20.7. The number of nitrogens with one attached hydrogen (secondary N) is 1. The van der Waals surface area contributed by atoms with Gasteiger partial charge in [0.05, 0.1) is 5.56 Å². The van der Waals surface area contributed by atoms with Crippen molar-refractivity contribution in [3.05, 3.63) is 47.3 Å². The van der Waals surface area contributed by atoms with E-state index in [0.29, 0.717) is 24.3 Å². The molecule has 0 atom stereocenters. The fourth-order valence-corrected chi connectivity index (χ4v) is 4.31. The van der Waals surface area contributed by atoms with Crippen LogP contribution in [0.15, 0.2) is 24.3 Å². The maximum absolute atomic E-state index is 15.6. The van der Waals surface area contributed by atoms with E-state index in [1.54, 1.807) is 6.92 Å². The van der Waals surface area contributed by atoms with Crippen LogP contribution in [-0.4, -0.2) is 75.6 Å². The van der Waals surface area contributed by atoms with Gasteiger partial charge in [-0.3, -0.25) is 9.36 Å². The van der Waals surface area contributed by atoms with Crippen molar-refractivity contribution in [2.45, 2.75) is 26.7 Å². The fourth-order valence-electron chi connectivity index (χ4n) is 4.31. The predicted molar refractivity (Wildman–Crippen MR) is 132 cm³/mol. The van der Waals surface area contributed by atoms with E-state index in [4.69, 9.17) is 0 Å². The summed E-state index contributed by atoms with van der Waals surface area (Å²) in [6.07, 6.45) is 0. The Balaban J connectivity index is 1.90. The number of aromatic hydroxyl groups is 2. The number of anilines is 1. The molecule has 2 aromatic carbocycles. The topological polar surface area (TPSA) is 107 Å². The summed E-state index contributed by atoms with van der Waals surface area (Å²) < 4.78 is 32.2. The third-order valence-corrected chi connectivity index (χ3v) is 6.31. The SMILES string of the molecule is CCNC(=O)c1nnc(-c2cc(C(C)C)c(O)cc2O)n1-c1c(F)cc(N2CCN(C)CC2)cc1F. The van der Waals surface area contributed by atoms with Crippen LogP contribution >= 0.6 is 0 Å². The minimum absolute atomic E-state index is 0.0708. The van der Waals surface area contributed by atoms with Gasteiger partial charge in [0.2, 0.25) is 5.82 Å². The molecule has 4 rings (SSSR count).